The Hall–Kier alpha value is -2.23. The summed E-state index contributed by atoms with van der Waals surface area (Å²) in [6.45, 7) is 4.70. The van der Waals surface area contributed by atoms with E-state index in [9.17, 15) is 4.79 Å². The number of aromatic amines is 1. The molecule has 20 heavy (non-hydrogen) atoms. The maximum Gasteiger partial charge on any atom is 0.251 e. The molecule has 0 fully saturated rings. The summed E-state index contributed by atoms with van der Waals surface area (Å²) >= 11 is 0. The summed E-state index contributed by atoms with van der Waals surface area (Å²) in [6, 6.07) is 9.27. The summed E-state index contributed by atoms with van der Waals surface area (Å²) in [6.07, 6.45) is 0.825. The zero-order valence-corrected chi connectivity index (χ0v) is 12.1. The first kappa shape index (κ1) is 14.2. The van der Waals surface area contributed by atoms with E-state index in [4.69, 9.17) is 4.74 Å². The van der Waals surface area contributed by atoms with Crippen LogP contribution in [-0.2, 0) is 6.42 Å². The number of carbonyl (C=O) groups is 1. The van der Waals surface area contributed by atoms with Crippen LogP contribution in [0.3, 0.4) is 0 Å². The van der Waals surface area contributed by atoms with Gasteiger partial charge < -0.3 is 15.0 Å². The Morgan fingerprint density at radius 2 is 2.10 bits per heavy atom. The van der Waals surface area contributed by atoms with E-state index in [0.717, 1.165) is 17.8 Å². The van der Waals surface area contributed by atoms with E-state index in [0.29, 0.717) is 17.9 Å². The molecule has 4 heteroatoms. The normalized spacial score (nSPS) is 10.3. The molecular weight excluding hydrogens is 252 g/mol. The summed E-state index contributed by atoms with van der Waals surface area (Å²) in [5, 5.41) is 2.93. The van der Waals surface area contributed by atoms with Gasteiger partial charge in [-0.2, -0.15) is 0 Å². The van der Waals surface area contributed by atoms with Gasteiger partial charge >= 0.3 is 0 Å². The van der Waals surface area contributed by atoms with Gasteiger partial charge in [0.2, 0.25) is 0 Å². The van der Waals surface area contributed by atoms with Crippen molar-refractivity contribution in [3.05, 3.63) is 52.8 Å². The van der Waals surface area contributed by atoms with Crippen LogP contribution in [0.1, 0.15) is 27.3 Å². The largest absolute Gasteiger partial charge is 0.497 e. The molecule has 2 rings (SSSR count). The number of carbonyl (C=O) groups excluding carboxylic acids is 1. The Labute approximate surface area is 119 Å². The van der Waals surface area contributed by atoms with Gasteiger partial charge in [-0.25, -0.2) is 0 Å². The second-order valence-electron chi connectivity index (χ2n) is 4.84. The van der Waals surface area contributed by atoms with Crippen molar-refractivity contribution >= 4 is 5.91 Å². The van der Waals surface area contributed by atoms with Gasteiger partial charge in [-0.15, -0.1) is 0 Å². The molecule has 0 aliphatic rings. The molecule has 2 N–H and O–H groups in total. The van der Waals surface area contributed by atoms with Gasteiger partial charge in [0.25, 0.3) is 5.91 Å². The predicted molar refractivity (Wildman–Crippen MR) is 79.3 cm³/mol. The molecule has 2 aromatic rings. The van der Waals surface area contributed by atoms with Gasteiger partial charge in [-0.05, 0) is 50.1 Å². The molecule has 106 valence electrons. The van der Waals surface area contributed by atoms with Gasteiger partial charge in [0, 0.05) is 23.5 Å². The van der Waals surface area contributed by atoms with Crippen LogP contribution in [0.4, 0.5) is 0 Å². The third kappa shape index (κ3) is 3.41. The first-order valence-electron chi connectivity index (χ1n) is 6.67. The molecule has 0 bridgehead atoms. The zero-order valence-electron chi connectivity index (χ0n) is 12.1. The standard InChI is InChI=1S/C16H20N2O2/c1-11-9-13(12(2)18-11)7-8-17-16(19)14-5-4-6-15(10-14)20-3/h4-6,9-10,18H,7-8H2,1-3H3,(H,17,19). The van der Waals surface area contributed by atoms with Crippen molar-refractivity contribution in [1.29, 1.82) is 0 Å². The summed E-state index contributed by atoms with van der Waals surface area (Å²) in [5.74, 6) is 0.614. The minimum atomic E-state index is -0.0752. The first-order chi connectivity index (χ1) is 9.60. The lowest BCUT2D eigenvalue weighted by Gasteiger charge is -2.06. The zero-order chi connectivity index (χ0) is 14.5. The number of benzene rings is 1. The Morgan fingerprint density at radius 1 is 1.30 bits per heavy atom. The fraction of sp³-hybridized carbons (Fsp3) is 0.312. The number of amides is 1. The number of H-pyrrole nitrogens is 1. The second kappa shape index (κ2) is 6.28. The maximum atomic E-state index is 12.0. The molecular formula is C16H20N2O2. The highest BCUT2D eigenvalue weighted by Gasteiger charge is 2.07. The van der Waals surface area contributed by atoms with Crippen molar-refractivity contribution in [2.24, 2.45) is 0 Å². The molecule has 0 unspecified atom stereocenters. The van der Waals surface area contributed by atoms with Crippen molar-refractivity contribution < 1.29 is 9.53 Å². The lowest BCUT2D eigenvalue weighted by atomic mass is 10.1. The molecule has 1 heterocycles. The summed E-state index contributed by atoms with van der Waals surface area (Å²) in [7, 11) is 1.59. The Balaban J connectivity index is 1.90. The fourth-order valence-corrected chi connectivity index (χ4v) is 2.22. The molecule has 0 radical (unpaired) electrons. The van der Waals surface area contributed by atoms with Crippen LogP contribution in [0.25, 0.3) is 0 Å². The molecule has 0 aliphatic carbocycles. The first-order valence-corrected chi connectivity index (χ1v) is 6.67. The topological polar surface area (TPSA) is 54.1 Å². The highest BCUT2D eigenvalue weighted by atomic mass is 16.5. The van der Waals surface area contributed by atoms with Crippen molar-refractivity contribution in [2.75, 3.05) is 13.7 Å². The molecule has 0 aliphatic heterocycles. The van der Waals surface area contributed by atoms with Gasteiger partial charge in [-0.1, -0.05) is 6.07 Å². The van der Waals surface area contributed by atoms with Crippen LogP contribution in [0.5, 0.6) is 5.75 Å². The van der Waals surface area contributed by atoms with Crippen LogP contribution >= 0.6 is 0 Å². The van der Waals surface area contributed by atoms with E-state index in [2.05, 4.69) is 16.4 Å². The fourth-order valence-electron chi connectivity index (χ4n) is 2.22. The van der Waals surface area contributed by atoms with Gasteiger partial charge in [0.1, 0.15) is 5.75 Å². The highest BCUT2D eigenvalue weighted by Crippen LogP contribution is 2.13. The highest BCUT2D eigenvalue weighted by molar-refractivity contribution is 5.94. The van der Waals surface area contributed by atoms with Crippen molar-refractivity contribution in [3.8, 4) is 5.75 Å². The van der Waals surface area contributed by atoms with E-state index in [1.165, 1.54) is 5.56 Å². The van der Waals surface area contributed by atoms with Crippen molar-refractivity contribution in [3.63, 3.8) is 0 Å². The number of aryl methyl sites for hydroxylation is 2. The number of hydrogen-bond acceptors (Lipinski definition) is 2. The van der Waals surface area contributed by atoms with Crippen LogP contribution in [0, 0.1) is 13.8 Å². The molecule has 1 aromatic carbocycles. The summed E-state index contributed by atoms with van der Waals surface area (Å²) in [5.41, 5.74) is 4.18. The number of nitrogens with one attached hydrogen (secondary N) is 2. The minimum absolute atomic E-state index is 0.0752. The van der Waals surface area contributed by atoms with Gasteiger partial charge in [0.15, 0.2) is 0 Å². The molecule has 0 saturated heterocycles. The third-order valence-corrected chi connectivity index (χ3v) is 3.27. The minimum Gasteiger partial charge on any atom is -0.497 e. The van der Waals surface area contributed by atoms with E-state index < -0.39 is 0 Å². The maximum absolute atomic E-state index is 12.0. The van der Waals surface area contributed by atoms with Crippen LogP contribution in [-0.4, -0.2) is 24.5 Å². The third-order valence-electron chi connectivity index (χ3n) is 3.27. The van der Waals surface area contributed by atoms with E-state index >= 15 is 0 Å². The number of ether oxygens (including phenoxy) is 1. The number of rotatable bonds is 5. The van der Waals surface area contributed by atoms with Crippen LogP contribution in [0.15, 0.2) is 30.3 Å². The number of aromatic nitrogens is 1. The predicted octanol–water partition coefficient (Wildman–Crippen LogP) is 2.61. The van der Waals surface area contributed by atoms with E-state index in [1.54, 1.807) is 19.2 Å². The average Bonchev–Trinajstić information content (AvgIpc) is 2.77. The van der Waals surface area contributed by atoms with Crippen molar-refractivity contribution in [1.82, 2.24) is 10.3 Å². The van der Waals surface area contributed by atoms with Crippen molar-refractivity contribution in [2.45, 2.75) is 20.3 Å². The second-order valence-corrected chi connectivity index (χ2v) is 4.84. The number of hydrogen-bond donors (Lipinski definition) is 2. The lowest BCUT2D eigenvalue weighted by molar-refractivity contribution is 0.0954. The van der Waals surface area contributed by atoms with Gasteiger partial charge in [-0.3, -0.25) is 4.79 Å². The molecule has 0 spiro atoms. The smallest absolute Gasteiger partial charge is 0.251 e. The molecule has 1 amide bonds. The lowest BCUT2D eigenvalue weighted by Crippen LogP contribution is -2.25. The summed E-state index contributed by atoms with van der Waals surface area (Å²) < 4.78 is 5.11. The Bertz CT molecular complexity index is 602. The Morgan fingerprint density at radius 3 is 2.75 bits per heavy atom. The molecule has 1 aromatic heterocycles. The quantitative estimate of drug-likeness (QED) is 0.879. The van der Waals surface area contributed by atoms with E-state index in [-0.39, 0.29) is 5.91 Å². The average molecular weight is 272 g/mol. The Kier molecular flexibility index (Phi) is 4.45. The molecule has 0 atom stereocenters. The van der Waals surface area contributed by atoms with Gasteiger partial charge in [0.05, 0.1) is 7.11 Å². The van der Waals surface area contributed by atoms with Crippen LogP contribution in [0.2, 0.25) is 0 Å². The monoisotopic (exact) mass is 272 g/mol. The van der Waals surface area contributed by atoms with E-state index in [1.807, 2.05) is 26.0 Å². The number of methoxy groups -OCH3 is 1. The molecule has 0 saturated carbocycles. The van der Waals surface area contributed by atoms with Crippen LogP contribution < -0.4 is 10.1 Å². The SMILES string of the molecule is COc1cccc(C(=O)NCCc2cc(C)[nH]c2C)c1. The molecule has 4 nitrogen and oxygen atoms in total. The summed E-state index contributed by atoms with van der Waals surface area (Å²) in [4.78, 5) is 15.3.